The van der Waals surface area contributed by atoms with Crippen molar-refractivity contribution in [3.8, 4) is 11.4 Å². The second-order valence-corrected chi connectivity index (χ2v) is 6.44. The lowest BCUT2D eigenvalue weighted by atomic mass is 10.1. The Morgan fingerprint density at radius 3 is 2.18 bits per heavy atom. The monoisotopic (exact) mass is 391 g/mol. The molecule has 2 N–H and O–H groups in total. The van der Waals surface area contributed by atoms with Gasteiger partial charge in [-0.2, -0.15) is 13.2 Å². The van der Waals surface area contributed by atoms with E-state index in [1.165, 1.54) is 6.07 Å². The molecule has 150 valence electrons. The van der Waals surface area contributed by atoms with E-state index in [0.29, 0.717) is 22.6 Å². The van der Waals surface area contributed by atoms with Crippen LogP contribution in [-0.2, 0) is 6.18 Å². The molecule has 0 saturated carbocycles. The first-order valence-electron chi connectivity index (χ1n) is 9.51. The van der Waals surface area contributed by atoms with E-state index in [1.54, 1.807) is 24.3 Å². The zero-order valence-electron chi connectivity index (χ0n) is 16.0. The second kappa shape index (κ2) is 8.08. The maximum absolute atomic E-state index is 13.4. The third-order valence-corrected chi connectivity index (χ3v) is 4.61. The normalized spacial score (nSPS) is 14.7. The highest BCUT2D eigenvalue weighted by Crippen LogP contribution is 2.34. The lowest BCUT2D eigenvalue weighted by molar-refractivity contribution is -0.142. The van der Waals surface area contributed by atoms with Crippen LogP contribution < -0.4 is 10.6 Å². The van der Waals surface area contributed by atoms with Gasteiger partial charge in [0.2, 0.25) is 0 Å². The summed E-state index contributed by atoms with van der Waals surface area (Å²) >= 11 is 0. The molecule has 5 nitrogen and oxygen atoms in total. The minimum Gasteiger partial charge on any atom is -0.399 e. The number of anilines is 2. The zero-order chi connectivity index (χ0) is 20.3. The van der Waals surface area contributed by atoms with Gasteiger partial charge in [-0.15, -0.1) is 5.10 Å². The number of nitrogens with zero attached hydrogens (tertiary/aromatic N) is 4. The fourth-order valence-corrected chi connectivity index (χ4v) is 3.29. The Morgan fingerprint density at radius 2 is 1.57 bits per heavy atom. The molecule has 3 heterocycles. The average Bonchev–Trinajstić information content (AvgIpc) is 3.14. The van der Waals surface area contributed by atoms with Crippen molar-refractivity contribution in [2.45, 2.75) is 39.3 Å². The van der Waals surface area contributed by atoms with Crippen molar-refractivity contribution in [3.05, 3.63) is 42.1 Å². The summed E-state index contributed by atoms with van der Waals surface area (Å²) in [6.45, 7) is 5.56. The van der Waals surface area contributed by atoms with Crippen molar-refractivity contribution in [1.29, 1.82) is 0 Å². The van der Waals surface area contributed by atoms with E-state index in [9.17, 15) is 13.2 Å². The van der Waals surface area contributed by atoms with Crippen molar-refractivity contribution in [2.24, 2.45) is 0 Å². The van der Waals surface area contributed by atoms with Gasteiger partial charge in [0.05, 0.1) is 0 Å². The number of rotatable bonds is 2. The quantitative estimate of drug-likeness (QED) is 0.624. The summed E-state index contributed by atoms with van der Waals surface area (Å²) in [5, 5.41) is 4.18. The highest BCUT2D eigenvalue weighted by atomic mass is 19.4. The van der Waals surface area contributed by atoms with E-state index in [4.69, 9.17) is 5.73 Å². The van der Waals surface area contributed by atoms with Crippen LogP contribution in [0.1, 0.15) is 38.8 Å². The minimum atomic E-state index is -4.49. The number of nitrogens with two attached hydrogens (primary N) is 1. The molecule has 1 aliphatic rings. The molecule has 0 bridgehead atoms. The van der Waals surface area contributed by atoms with Gasteiger partial charge in [0.25, 0.3) is 0 Å². The Morgan fingerprint density at radius 1 is 0.929 bits per heavy atom. The van der Waals surface area contributed by atoms with Crippen LogP contribution in [-0.4, -0.2) is 27.7 Å². The number of nitrogen functional groups attached to an aromatic ring is 1. The number of hydrogen-bond acceptors (Lipinski definition) is 4. The number of alkyl halides is 3. The first kappa shape index (κ1) is 20.0. The van der Waals surface area contributed by atoms with E-state index in [2.05, 4.69) is 10.1 Å². The minimum absolute atomic E-state index is 0.250. The maximum atomic E-state index is 13.4. The Bertz CT molecular complexity index is 925. The summed E-state index contributed by atoms with van der Waals surface area (Å²) in [6.07, 6.45) is -1.36. The lowest BCUT2D eigenvalue weighted by Crippen LogP contribution is -2.31. The van der Waals surface area contributed by atoms with Gasteiger partial charge in [0.15, 0.2) is 11.6 Å². The van der Waals surface area contributed by atoms with Crippen LogP contribution in [0.5, 0.6) is 0 Å². The Hall–Kier alpha value is -2.77. The van der Waals surface area contributed by atoms with Gasteiger partial charge in [0.1, 0.15) is 11.2 Å². The van der Waals surface area contributed by atoms with Gasteiger partial charge in [-0.3, -0.25) is 0 Å². The molecule has 3 aromatic rings. The van der Waals surface area contributed by atoms with Crippen molar-refractivity contribution in [2.75, 3.05) is 23.7 Å². The summed E-state index contributed by atoms with van der Waals surface area (Å²) in [5.74, 6) is 0.793. The molecule has 1 saturated heterocycles. The molecule has 0 unspecified atom stereocenters. The fourth-order valence-electron chi connectivity index (χ4n) is 3.29. The number of benzene rings is 1. The lowest BCUT2D eigenvalue weighted by Gasteiger charge is -2.28. The van der Waals surface area contributed by atoms with Crippen molar-refractivity contribution < 1.29 is 13.2 Å². The van der Waals surface area contributed by atoms with Crippen molar-refractivity contribution >= 4 is 17.0 Å². The molecule has 1 aliphatic heterocycles. The molecular formula is C20H24F3N5. The van der Waals surface area contributed by atoms with Crippen molar-refractivity contribution in [1.82, 2.24) is 14.6 Å². The number of halogens is 3. The van der Waals surface area contributed by atoms with E-state index in [1.807, 2.05) is 18.7 Å². The first-order chi connectivity index (χ1) is 13.4. The molecular weight excluding hydrogens is 367 g/mol. The molecule has 0 amide bonds. The van der Waals surface area contributed by atoms with Crippen LogP contribution in [0.4, 0.5) is 24.7 Å². The average molecular weight is 391 g/mol. The summed E-state index contributed by atoms with van der Waals surface area (Å²) in [5.41, 5.74) is 6.47. The third kappa shape index (κ3) is 3.90. The van der Waals surface area contributed by atoms with Crippen LogP contribution in [0, 0.1) is 0 Å². The molecule has 2 aromatic heterocycles. The van der Waals surface area contributed by atoms with Crippen molar-refractivity contribution in [3.63, 3.8) is 0 Å². The van der Waals surface area contributed by atoms with Crippen LogP contribution in [0.3, 0.4) is 0 Å². The van der Waals surface area contributed by atoms with Gasteiger partial charge in [-0.1, -0.05) is 13.8 Å². The summed E-state index contributed by atoms with van der Waals surface area (Å²) < 4.78 is 41.2. The van der Waals surface area contributed by atoms with E-state index < -0.39 is 11.9 Å². The molecule has 28 heavy (non-hydrogen) atoms. The highest BCUT2D eigenvalue weighted by molar-refractivity contribution is 5.73. The Kier molecular flexibility index (Phi) is 5.76. The number of hydrogen-bond donors (Lipinski definition) is 1. The molecule has 1 fully saturated rings. The second-order valence-electron chi connectivity index (χ2n) is 6.44. The van der Waals surface area contributed by atoms with Crippen LogP contribution in [0.25, 0.3) is 16.9 Å². The standard InChI is InChI=1S/C18H18F3N5.C2H6/c19-18(20,21)15-9-8-14-17(25-10-2-1-3-11-25)23-16(24-26(14)15)12-4-6-13(22)7-5-12;1-2/h4-9H,1-3,10-11,22H2;1-2H3. The fraction of sp³-hybridized carbons (Fsp3) is 0.400. The van der Waals surface area contributed by atoms with E-state index >= 15 is 0 Å². The summed E-state index contributed by atoms with van der Waals surface area (Å²) in [6, 6.07) is 9.30. The van der Waals surface area contributed by atoms with Gasteiger partial charge >= 0.3 is 6.18 Å². The predicted octanol–water partition coefficient (Wildman–Crippen LogP) is 5.01. The maximum Gasteiger partial charge on any atom is 0.433 e. The van der Waals surface area contributed by atoms with Gasteiger partial charge in [0, 0.05) is 24.3 Å². The highest BCUT2D eigenvalue weighted by Gasteiger charge is 2.35. The van der Waals surface area contributed by atoms with Crippen LogP contribution in [0.15, 0.2) is 36.4 Å². The van der Waals surface area contributed by atoms with E-state index in [-0.39, 0.29) is 5.82 Å². The van der Waals surface area contributed by atoms with Crippen LogP contribution in [0.2, 0.25) is 0 Å². The first-order valence-corrected chi connectivity index (χ1v) is 9.51. The summed E-state index contributed by atoms with van der Waals surface area (Å²) in [4.78, 5) is 6.65. The SMILES string of the molecule is CC.Nc1ccc(-c2nc(N3CCCCC3)c3ccc(C(F)(F)F)n3n2)cc1. The molecule has 4 rings (SSSR count). The van der Waals surface area contributed by atoms with Gasteiger partial charge < -0.3 is 10.6 Å². The smallest absolute Gasteiger partial charge is 0.399 e. The van der Waals surface area contributed by atoms with Gasteiger partial charge in [-0.05, 0) is 55.7 Å². The largest absolute Gasteiger partial charge is 0.433 e. The number of fused-ring (bicyclic) bond motifs is 1. The van der Waals surface area contributed by atoms with E-state index in [0.717, 1.165) is 42.9 Å². The molecule has 0 radical (unpaired) electrons. The zero-order valence-corrected chi connectivity index (χ0v) is 16.0. The molecule has 8 heteroatoms. The molecule has 0 atom stereocenters. The predicted molar refractivity (Wildman–Crippen MR) is 105 cm³/mol. The third-order valence-electron chi connectivity index (χ3n) is 4.61. The number of piperidine rings is 1. The molecule has 0 aliphatic carbocycles. The molecule has 1 aromatic carbocycles. The topological polar surface area (TPSA) is 59.5 Å². The molecule has 0 spiro atoms. The summed E-state index contributed by atoms with van der Waals surface area (Å²) in [7, 11) is 0. The Labute approximate surface area is 162 Å². The van der Waals surface area contributed by atoms with Crippen LogP contribution >= 0.6 is 0 Å². The van der Waals surface area contributed by atoms with Gasteiger partial charge in [-0.25, -0.2) is 9.50 Å². The number of aromatic nitrogens is 3. The Balaban J connectivity index is 0.00000109.